The van der Waals surface area contributed by atoms with Crippen molar-refractivity contribution in [2.24, 2.45) is 0 Å². The Morgan fingerprint density at radius 2 is 0.783 bits per heavy atom. The molecule has 0 spiro atoms. The third-order valence-electron chi connectivity index (χ3n) is 4.89. The first-order chi connectivity index (χ1) is 10.5. The monoisotopic (exact) mass is 364 g/mol. The van der Waals surface area contributed by atoms with Crippen molar-refractivity contribution in [2.75, 3.05) is 27.2 Å². The summed E-state index contributed by atoms with van der Waals surface area (Å²) in [7, 11) is 4.70. The van der Waals surface area contributed by atoms with Gasteiger partial charge in [-0.25, -0.2) is 0 Å². The molecule has 0 amide bonds. The molecule has 0 radical (unpaired) electrons. The van der Waals surface area contributed by atoms with Gasteiger partial charge in [0.05, 0.1) is 0 Å². The van der Waals surface area contributed by atoms with Gasteiger partial charge in [0.1, 0.15) is 0 Å². The van der Waals surface area contributed by atoms with Crippen molar-refractivity contribution in [1.82, 2.24) is 13.5 Å². The Labute approximate surface area is 151 Å². The van der Waals surface area contributed by atoms with Crippen LogP contribution in [0.2, 0.25) is 0 Å². The SMILES string of the molecule is CC[N](C)[Ti]([N](C)CC)([N](C(C)C)C(C)C)[N](C(C)C)C(C)C. The summed E-state index contributed by atoms with van der Waals surface area (Å²) in [5.41, 5.74) is 0. The van der Waals surface area contributed by atoms with E-state index in [9.17, 15) is 0 Å². The first kappa shape index (κ1) is 23.6. The maximum atomic E-state index is 2.85. The number of hydrogen-bond acceptors (Lipinski definition) is 4. The van der Waals surface area contributed by atoms with E-state index < -0.39 is 17.6 Å². The Bertz CT molecular complexity index is 283. The molecule has 0 fully saturated rings. The fraction of sp³-hybridized carbons (Fsp3) is 1.00. The molecule has 140 valence electrons. The van der Waals surface area contributed by atoms with E-state index in [1.165, 1.54) is 0 Å². The van der Waals surface area contributed by atoms with Crippen molar-refractivity contribution in [1.29, 1.82) is 0 Å². The molecule has 0 atom stereocenters. The van der Waals surface area contributed by atoms with Crippen molar-refractivity contribution in [2.45, 2.75) is 93.4 Å². The fourth-order valence-corrected chi connectivity index (χ4v) is 13.7. The normalized spacial score (nSPS) is 14.1. The van der Waals surface area contributed by atoms with Crippen molar-refractivity contribution in [3.63, 3.8) is 0 Å². The third-order valence-corrected chi connectivity index (χ3v) is 14.5. The molecule has 0 N–H and O–H groups in total. The average Bonchev–Trinajstić information content (AvgIpc) is 2.42. The van der Waals surface area contributed by atoms with Crippen LogP contribution in [0.25, 0.3) is 0 Å². The van der Waals surface area contributed by atoms with Gasteiger partial charge in [0.25, 0.3) is 0 Å². The van der Waals surface area contributed by atoms with Crippen LogP contribution in [0.15, 0.2) is 0 Å². The molecule has 5 heteroatoms. The van der Waals surface area contributed by atoms with E-state index in [2.05, 4.69) is 96.9 Å². The van der Waals surface area contributed by atoms with E-state index in [0.29, 0.717) is 24.2 Å². The molecule has 0 heterocycles. The molecule has 0 aliphatic carbocycles. The zero-order valence-electron chi connectivity index (χ0n) is 18.0. The zero-order valence-corrected chi connectivity index (χ0v) is 19.6. The Morgan fingerprint density at radius 3 is 0.913 bits per heavy atom. The van der Waals surface area contributed by atoms with Crippen LogP contribution in [-0.4, -0.2) is 64.9 Å². The summed E-state index contributed by atoms with van der Waals surface area (Å²) < 4.78 is 11.1. The van der Waals surface area contributed by atoms with Crippen LogP contribution in [-0.2, 0) is 17.6 Å². The van der Waals surface area contributed by atoms with Gasteiger partial charge in [-0.1, -0.05) is 0 Å². The van der Waals surface area contributed by atoms with E-state index in [0.717, 1.165) is 13.1 Å². The molecular weight excluding hydrogens is 320 g/mol. The molecule has 0 bridgehead atoms. The first-order valence-corrected chi connectivity index (χ1v) is 12.3. The van der Waals surface area contributed by atoms with Gasteiger partial charge >= 0.3 is 152 Å². The quantitative estimate of drug-likeness (QED) is 0.544. The molecule has 0 saturated heterocycles. The molecule has 0 saturated carbocycles. The Balaban J connectivity index is 6.60. The minimum atomic E-state index is -2.86. The zero-order chi connectivity index (χ0) is 18.5. The van der Waals surface area contributed by atoms with E-state index in [1.807, 2.05) is 0 Å². The molecule has 0 unspecified atom stereocenters. The molecule has 0 aliphatic heterocycles. The predicted octanol–water partition coefficient (Wildman–Crippen LogP) is 3.94. The first-order valence-electron chi connectivity index (χ1n) is 9.49. The van der Waals surface area contributed by atoms with Crippen LogP contribution in [0.4, 0.5) is 0 Å². The molecular formula is C18H44N4Ti. The van der Waals surface area contributed by atoms with Crippen molar-refractivity contribution < 1.29 is 17.6 Å². The summed E-state index contributed by atoms with van der Waals surface area (Å²) in [5, 5.41) is 0. The summed E-state index contributed by atoms with van der Waals surface area (Å²) in [5.74, 6) is 0. The van der Waals surface area contributed by atoms with Gasteiger partial charge in [0.2, 0.25) is 0 Å². The predicted molar refractivity (Wildman–Crippen MR) is 101 cm³/mol. The molecule has 0 rings (SSSR count). The minimum absolute atomic E-state index is 0.540. The van der Waals surface area contributed by atoms with Crippen LogP contribution in [0, 0.1) is 0 Å². The maximum absolute atomic E-state index is 2.86. The standard InChI is InChI=1S/2C6H14N.2C3H8N.Ti/c2*1-5(2)7-6(3)4;2*1-3-4-2;/h2*5-6H,1-4H3;2*3H2,1-2H3;/q4*-1;+4. The number of rotatable bonds is 10. The summed E-state index contributed by atoms with van der Waals surface area (Å²) >= 11 is -2.86. The second-order valence-corrected chi connectivity index (χ2v) is 13.7. The van der Waals surface area contributed by atoms with Crippen molar-refractivity contribution in [3.05, 3.63) is 0 Å². The Hall–Kier alpha value is 0.554. The molecule has 0 aromatic carbocycles. The van der Waals surface area contributed by atoms with Gasteiger partial charge in [0.15, 0.2) is 0 Å². The fourth-order valence-electron chi connectivity index (χ4n) is 4.22. The van der Waals surface area contributed by atoms with Crippen LogP contribution in [0.1, 0.15) is 69.2 Å². The Morgan fingerprint density at radius 1 is 0.565 bits per heavy atom. The summed E-state index contributed by atoms with van der Waals surface area (Å²) in [6.07, 6.45) is 0. The topological polar surface area (TPSA) is 13.0 Å². The van der Waals surface area contributed by atoms with Crippen LogP contribution in [0.3, 0.4) is 0 Å². The van der Waals surface area contributed by atoms with Crippen molar-refractivity contribution in [3.8, 4) is 0 Å². The second kappa shape index (κ2) is 9.89. The van der Waals surface area contributed by atoms with Crippen LogP contribution < -0.4 is 0 Å². The summed E-state index contributed by atoms with van der Waals surface area (Å²) in [6.45, 7) is 25.7. The van der Waals surface area contributed by atoms with Gasteiger partial charge in [-0.05, 0) is 0 Å². The van der Waals surface area contributed by atoms with Gasteiger partial charge in [-0.15, -0.1) is 0 Å². The van der Waals surface area contributed by atoms with Crippen molar-refractivity contribution >= 4 is 0 Å². The van der Waals surface area contributed by atoms with Crippen LogP contribution in [0.5, 0.6) is 0 Å². The average molecular weight is 364 g/mol. The number of nitrogens with zero attached hydrogens (tertiary/aromatic N) is 4. The van der Waals surface area contributed by atoms with Crippen LogP contribution >= 0.6 is 0 Å². The molecule has 0 aromatic heterocycles. The van der Waals surface area contributed by atoms with Gasteiger partial charge in [-0.2, -0.15) is 0 Å². The van der Waals surface area contributed by atoms with E-state index in [1.54, 1.807) is 0 Å². The van der Waals surface area contributed by atoms with Gasteiger partial charge < -0.3 is 0 Å². The van der Waals surface area contributed by atoms with Gasteiger partial charge in [0, 0.05) is 0 Å². The van der Waals surface area contributed by atoms with E-state index in [4.69, 9.17) is 0 Å². The Kier molecular flexibility index (Phi) is 10.1. The number of hydrogen-bond donors (Lipinski definition) is 0. The van der Waals surface area contributed by atoms with E-state index in [-0.39, 0.29) is 0 Å². The molecule has 23 heavy (non-hydrogen) atoms. The third kappa shape index (κ3) is 4.80. The molecule has 0 aliphatic rings. The van der Waals surface area contributed by atoms with Gasteiger partial charge in [-0.3, -0.25) is 0 Å². The molecule has 0 aromatic rings. The molecule has 4 nitrogen and oxygen atoms in total. The van der Waals surface area contributed by atoms with E-state index >= 15 is 0 Å². The summed E-state index contributed by atoms with van der Waals surface area (Å²) in [4.78, 5) is 0. The summed E-state index contributed by atoms with van der Waals surface area (Å²) in [6, 6.07) is 2.16. The second-order valence-electron chi connectivity index (χ2n) is 7.82.